The van der Waals surface area contributed by atoms with Crippen molar-refractivity contribution in [3.63, 3.8) is 0 Å². The van der Waals surface area contributed by atoms with E-state index in [-0.39, 0.29) is 0 Å². The molecule has 1 fully saturated rings. The van der Waals surface area contributed by atoms with E-state index in [0.717, 1.165) is 0 Å². The monoisotopic (exact) mass is 268 g/mol. The molecule has 0 aromatic carbocycles. The van der Waals surface area contributed by atoms with Gasteiger partial charge in [0.25, 0.3) is 0 Å². The molecule has 0 spiro atoms. The second-order valence-electron chi connectivity index (χ2n) is 4.02. The van der Waals surface area contributed by atoms with E-state index in [1.807, 2.05) is 0 Å². The third kappa shape index (κ3) is 2.84. The molecule has 0 amide bonds. The number of rotatable bonds is 3. The van der Waals surface area contributed by atoms with Crippen LogP contribution in [-0.4, -0.2) is 55.4 Å². The Bertz CT molecular complexity index is 238. The van der Waals surface area contributed by atoms with Crippen molar-refractivity contribution in [1.29, 1.82) is 0 Å². The van der Waals surface area contributed by atoms with Gasteiger partial charge < -0.3 is 0 Å². The fraction of sp³-hybridized carbons (Fsp3) is 1.00. The number of hydrogen-bond donors (Lipinski definition) is 2. The second kappa shape index (κ2) is 4.37. The molecule has 1 aliphatic heterocycles. The van der Waals surface area contributed by atoms with Crippen LogP contribution in [0.3, 0.4) is 0 Å². The van der Waals surface area contributed by atoms with E-state index in [1.54, 1.807) is 11.4 Å². The Morgan fingerprint density at radius 2 is 1.93 bits per heavy atom. The van der Waals surface area contributed by atoms with Gasteiger partial charge in [0.05, 0.1) is 0 Å². The van der Waals surface area contributed by atoms with Crippen LogP contribution < -0.4 is 0 Å². The first kappa shape index (κ1) is 12.3. The van der Waals surface area contributed by atoms with Crippen molar-refractivity contribution in [3.05, 3.63) is 0 Å². The van der Waals surface area contributed by atoms with Crippen molar-refractivity contribution in [1.82, 2.24) is 0 Å². The van der Waals surface area contributed by atoms with Crippen molar-refractivity contribution < 1.29 is 23.4 Å². The van der Waals surface area contributed by atoms with E-state index in [0.29, 0.717) is 5.21 Å². The van der Waals surface area contributed by atoms with Crippen LogP contribution >= 0.6 is 0 Å². The molecule has 1 aliphatic rings. The third-order valence-corrected chi connectivity index (χ3v) is 4.77. The summed E-state index contributed by atoms with van der Waals surface area (Å²) in [4.78, 5) is 0. The molecule has 1 heterocycles. The van der Waals surface area contributed by atoms with Gasteiger partial charge in [0.15, 0.2) is 0 Å². The van der Waals surface area contributed by atoms with Gasteiger partial charge in [0.1, 0.15) is 0 Å². The minimum atomic E-state index is -2.86. The van der Waals surface area contributed by atoms with Crippen molar-refractivity contribution >= 4 is 13.5 Å². The predicted octanol–water partition coefficient (Wildman–Crippen LogP) is -0.285. The van der Waals surface area contributed by atoms with Gasteiger partial charge >= 0.3 is 85.3 Å². The van der Waals surface area contributed by atoms with Gasteiger partial charge in [0.2, 0.25) is 0 Å². The maximum absolute atomic E-state index is 11.6. The zero-order valence-corrected chi connectivity index (χ0v) is 10.5. The quantitative estimate of drug-likeness (QED) is 0.688. The third-order valence-electron chi connectivity index (χ3n) is 2.17. The van der Waals surface area contributed by atoms with Crippen LogP contribution in [0.1, 0.15) is 0 Å². The average molecular weight is 268 g/mol. The predicted molar refractivity (Wildman–Crippen MR) is 50.7 cm³/mol. The normalized spacial score (nSPS) is 38.9. The Morgan fingerprint density at radius 1 is 1.36 bits per heavy atom. The summed E-state index contributed by atoms with van der Waals surface area (Å²) in [5.74, 6) is 0. The molecule has 1 unspecified atom stereocenters. The molecule has 5 nitrogen and oxygen atoms in total. The molecule has 6 heteroatoms. The van der Waals surface area contributed by atoms with Crippen molar-refractivity contribution in [2.45, 2.75) is 41.2 Å². The zero-order valence-electron chi connectivity index (χ0n) is 8.58. The minimum absolute atomic E-state index is 0.316. The molecule has 0 aromatic rings. The van der Waals surface area contributed by atoms with E-state index < -0.39 is 38.1 Å². The number of aliphatic hydroxyl groups is 2. The summed E-state index contributed by atoms with van der Waals surface area (Å²) < 4.78 is 21.6. The molecule has 0 saturated carbocycles. The Balaban J connectivity index is 2.61. The number of ether oxygens (including phenoxy) is 2. The molecule has 84 valence electrons. The summed E-state index contributed by atoms with van der Waals surface area (Å²) >= 11 is -2.86. The van der Waals surface area contributed by atoms with E-state index >= 15 is 0 Å². The van der Waals surface area contributed by atoms with Gasteiger partial charge in [0, 0.05) is 0 Å². The SMILES string of the molecule is CO[C@@H]1O[C@H](C[As](C)(C)=O)[C@H](O)C1O. The van der Waals surface area contributed by atoms with Crippen LogP contribution in [-0.2, 0) is 13.2 Å². The van der Waals surface area contributed by atoms with Crippen LogP contribution in [0.25, 0.3) is 0 Å². The fourth-order valence-electron chi connectivity index (χ4n) is 1.49. The van der Waals surface area contributed by atoms with E-state index in [9.17, 15) is 14.0 Å². The molecular formula is C8H17AsO5. The van der Waals surface area contributed by atoms with Crippen molar-refractivity contribution in [2.75, 3.05) is 7.11 Å². The topological polar surface area (TPSA) is 76.0 Å². The molecule has 4 atom stereocenters. The van der Waals surface area contributed by atoms with Crippen LogP contribution in [0.4, 0.5) is 0 Å². The summed E-state index contributed by atoms with van der Waals surface area (Å²) in [6.45, 7) is 0. The standard InChI is InChI=1S/C8H17AsO5/c1-9(2,12)4-5-6(10)7(11)8(13-3)14-5/h5-8,10-11H,4H2,1-3H3/t5-,6+,7?,8-/m1/s1. The zero-order chi connectivity index (χ0) is 10.9. The molecule has 0 aromatic heterocycles. The number of methoxy groups -OCH3 is 1. The second-order valence-corrected chi connectivity index (χ2v) is 11.4. The van der Waals surface area contributed by atoms with Crippen molar-refractivity contribution in [3.8, 4) is 0 Å². The Kier molecular flexibility index (Phi) is 3.83. The Labute approximate surface area is 85.7 Å². The first-order valence-corrected chi connectivity index (χ1v) is 10.3. The van der Waals surface area contributed by atoms with Crippen molar-refractivity contribution in [2.24, 2.45) is 0 Å². The first-order chi connectivity index (χ1) is 6.35. The molecule has 0 radical (unpaired) electrons. The Hall–Kier alpha value is 0.198. The molecule has 1 saturated heterocycles. The Morgan fingerprint density at radius 3 is 2.29 bits per heavy atom. The van der Waals surface area contributed by atoms with E-state index in [2.05, 4.69) is 0 Å². The average Bonchev–Trinajstić information content (AvgIpc) is 2.30. The summed E-state index contributed by atoms with van der Waals surface area (Å²) in [5.41, 5.74) is 3.36. The van der Waals surface area contributed by atoms with Crippen LogP contribution in [0, 0.1) is 0 Å². The maximum atomic E-state index is 11.6. The van der Waals surface area contributed by atoms with Crippen LogP contribution in [0.5, 0.6) is 0 Å². The summed E-state index contributed by atoms with van der Waals surface area (Å²) in [6, 6.07) is 0. The van der Waals surface area contributed by atoms with Gasteiger partial charge in [-0.15, -0.1) is 0 Å². The van der Waals surface area contributed by atoms with E-state index in [1.165, 1.54) is 7.11 Å². The summed E-state index contributed by atoms with van der Waals surface area (Å²) in [6.07, 6.45) is -3.44. The van der Waals surface area contributed by atoms with Gasteiger partial charge in [-0.1, -0.05) is 0 Å². The van der Waals surface area contributed by atoms with Gasteiger partial charge in [-0.05, 0) is 0 Å². The number of hydrogen-bond acceptors (Lipinski definition) is 5. The summed E-state index contributed by atoms with van der Waals surface area (Å²) in [5, 5.41) is 19.3. The van der Waals surface area contributed by atoms with E-state index in [4.69, 9.17) is 9.47 Å². The molecular weight excluding hydrogens is 251 g/mol. The van der Waals surface area contributed by atoms with Crippen LogP contribution in [0.15, 0.2) is 0 Å². The molecule has 0 bridgehead atoms. The first-order valence-electron chi connectivity index (χ1n) is 4.43. The van der Waals surface area contributed by atoms with Gasteiger partial charge in [-0.3, -0.25) is 0 Å². The van der Waals surface area contributed by atoms with Crippen LogP contribution in [0.2, 0.25) is 16.6 Å². The molecule has 0 aliphatic carbocycles. The van der Waals surface area contributed by atoms with Gasteiger partial charge in [-0.25, -0.2) is 0 Å². The molecule has 1 rings (SSSR count). The van der Waals surface area contributed by atoms with Gasteiger partial charge in [-0.2, -0.15) is 0 Å². The molecule has 14 heavy (non-hydrogen) atoms. The summed E-state index contributed by atoms with van der Waals surface area (Å²) in [7, 11) is 1.39. The molecule has 2 N–H and O–H groups in total. The fourth-order valence-corrected chi connectivity index (χ4v) is 3.95. The number of aliphatic hydroxyl groups excluding tert-OH is 2.